The van der Waals surface area contributed by atoms with Crippen LogP contribution in [0.4, 0.5) is 0 Å². The predicted octanol–water partition coefficient (Wildman–Crippen LogP) is 2.23. The zero-order valence-electron chi connectivity index (χ0n) is 11.8. The molecule has 0 bridgehead atoms. The number of nitrogens with one attached hydrogen (secondary N) is 1. The molecule has 0 aromatic heterocycles. The van der Waals surface area contributed by atoms with Crippen LogP contribution < -0.4 is 10.5 Å². The lowest BCUT2D eigenvalue weighted by Gasteiger charge is -2.21. The highest BCUT2D eigenvalue weighted by Gasteiger charge is 2.22. The number of nitrogens with two attached hydrogens (primary N) is 1. The molecule has 1 aromatic carbocycles. The number of hydrogen-bond donors (Lipinski definition) is 2. The van der Waals surface area contributed by atoms with Crippen molar-refractivity contribution in [1.29, 1.82) is 0 Å². The molecule has 1 aromatic rings. The molecular formula is C13H19ClN2O2S3. The molecule has 1 heterocycles. The minimum atomic E-state index is -3.56. The van der Waals surface area contributed by atoms with Crippen molar-refractivity contribution in [1.82, 2.24) is 4.72 Å². The van der Waals surface area contributed by atoms with Gasteiger partial charge in [0.15, 0.2) is 0 Å². The monoisotopic (exact) mass is 366 g/mol. The molecule has 0 saturated carbocycles. The highest BCUT2D eigenvalue weighted by atomic mass is 35.5. The fraction of sp³-hybridized carbons (Fsp3) is 0.538. The molecule has 1 aliphatic heterocycles. The molecule has 1 atom stereocenters. The summed E-state index contributed by atoms with van der Waals surface area (Å²) in [5, 5.41) is 0.719. The summed E-state index contributed by atoms with van der Waals surface area (Å²) in [6.07, 6.45) is 0. The summed E-state index contributed by atoms with van der Waals surface area (Å²) in [4.78, 5) is 0.226. The van der Waals surface area contributed by atoms with Crippen molar-refractivity contribution in [3.8, 4) is 0 Å². The van der Waals surface area contributed by atoms with Crippen molar-refractivity contribution in [2.45, 2.75) is 23.6 Å². The topological polar surface area (TPSA) is 72.2 Å². The number of benzene rings is 1. The van der Waals surface area contributed by atoms with Gasteiger partial charge in [-0.1, -0.05) is 11.6 Å². The summed E-state index contributed by atoms with van der Waals surface area (Å²) >= 11 is 9.69. The quantitative estimate of drug-likeness (QED) is 0.836. The summed E-state index contributed by atoms with van der Waals surface area (Å²) in [5.74, 6) is 3.20. The fourth-order valence-corrected chi connectivity index (χ4v) is 6.55. The zero-order chi connectivity index (χ0) is 15.5. The van der Waals surface area contributed by atoms with Crippen LogP contribution in [0.25, 0.3) is 0 Å². The van der Waals surface area contributed by atoms with Gasteiger partial charge in [-0.25, -0.2) is 13.1 Å². The lowest BCUT2D eigenvalue weighted by atomic mass is 10.1. The first-order chi connectivity index (χ1) is 9.94. The number of sulfonamides is 1. The average Bonchev–Trinajstić information content (AvgIpc) is 2.48. The maximum Gasteiger partial charge on any atom is 0.240 e. The third-order valence-electron chi connectivity index (χ3n) is 3.33. The van der Waals surface area contributed by atoms with Crippen molar-refractivity contribution in [3.05, 3.63) is 28.3 Å². The van der Waals surface area contributed by atoms with Gasteiger partial charge < -0.3 is 5.73 Å². The van der Waals surface area contributed by atoms with Gasteiger partial charge in [0.2, 0.25) is 10.0 Å². The molecule has 0 spiro atoms. The fourth-order valence-electron chi connectivity index (χ4n) is 2.13. The minimum absolute atomic E-state index is 0.226. The summed E-state index contributed by atoms with van der Waals surface area (Å²) in [6.45, 7) is 2.48. The second-order valence-corrected chi connectivity index (χ2v) is 9.54. The molecule has 0 radical (unpaired) electrons. The second-order valence-electron chi connectivity index (χ2n) is 4.81. The second kappa shape index (κ2) is 7.57. The van der Waals surface area contributed by atoms with Crippen molar-refractivity contribution in [2.24, 2.45) is 5.73 Å². The van der Waals surface area contributed by atoms with Gasteiger partial charge in [0.05, 0.1) is 4.90 Å². The van der Waals surface area contributed by atoms with Gasteiger partial charge in [-0.05, 0) is 30.2 Å². The molecule has 1 saturated heterocycles. The van der Waals surface area contributed by atoms with Crippen LogP contribution in [-0.2, 0) is 16.6 Å². The number of thioether (sulfide) groups is 2. The van der Waals surface area contributed by atoms with Crippen molar-refractivity contribution < 1.29 is 8.42 Å². The molecule has 8 heteroatoms. The smallest absolute Gasteiger partial charge is 0.240 e. The predicted molar refractivity (Wildman–Crippen MR) is 92.8 cm³/mol. The number of hydrogen-bond acceptors (Lipinski definition) is 5. The van der Waals surface area contributed by atoms with E-state index in [1.165, 1.54) is 6.07 Å². The van der Waals surface area contributed by atoms with E-state index < -0.39 is 10.0 Å². The van der Waals surface area contributed by atoms with Crippen molar-refractivity contribution >= 4 is 45.1 Å². The Kier molecular flexibility index (Phi) is 6.28. The molecule has 1 unspecified atom stereocenters. The lowest BCUT2D eigenvalue weighted by Crippen LogP contribution is -2.34. The van der Waals surface area contributed by atoms with Gasteiger partial charge in [-0.3, -0.25) is 0 Å². The van der Waals surface area contributed by atoms with Crippen molar-refractivity contribution in [2.75, 3.05) is 23.8 Å². The standard InChI is InChI=1S/C13H19ClN2O2S3/c1-9-10(6-15)4-11(14)5-13(9)21(17,18)16-7-12-8-19-2-3-20-12/h4-5,12,16H,2-3,6-8,15H2,1H3. The Morgan fingerprint density at radius 2 is 2.19 bits per heavy atom. The first kappa shape index (κ1) is 17.4. The van der Waals surface area contributed by atoms with Crippen LogP contribution in [-0.4, -0.2) is 37.5 Å². The van der Waals surface area contributed by atoms with E-state index in [0.717, 1.165) is 22.8 Å². The van der Waals surface area contributed by atoms with Crippen LogP contribution in [0, 0.1) is 6.92 Å². The summed E-state index contributed by atoms with van der Waals surface area (Å²) in [5.41, 5.74) is 7.06. The van der Waals surface area contributed by atoms with Gasteiger partial charge in [0, 0.05) is 40.6 Å². The summed E-state index contributed by atoms with van der Waals surface area (Å²) in [7, 11) is -3.56. The number of halogens is 1. The van der Waals surface area contributed by atoms with Crippen molar-refractivity contribution in [3.63, 3.8) is 0 Å². The Labute approximate surface area is 139 Å². The van der Waals surface area contributed by atoms with Crippen LogP contribution in [0.5, 0.6) is 0 Å². The van der Waals surface area contributed by atoms with Gasteiger partial charge in [0.25, 0.3) is 0 Å². The van der Waals surface area contributed by atoms with E-state index in [4.69, 9.17) is 17.3 Å². The molecular weight excluding hydrogens is 348 g/mol. The van der Waals surface area contributed by atoms with E-state index in [1.807, 2.05) is 23.5 Å². The largest absolute Gasteiger partial charge is 0.326 e. The molecule has 4 nitrogen and oxygen atoms in total. The molecule has 2 rings (SSSR count). The van der Waals surface area contributed by atoms with Crippen LogP contribution in [0.1, 0.15) is 11.1 Å². The van der Waals surface area contributed by atoms with Crippen LogP contribution >= 0.6 is 35.1 Å². The minimum Gasteiger partial charge on any atom is -0.326 e. The van der Waals surface area contributed by atoms with Gasteiger partial charge in [0.1, 0.15) is 0 Å². The van der Waals surface area contributed by atoms with Crippen LogP contribution in [0.3, 0.4) is 0 Å². The Morgan fingerprint density at radius 1 is 1.43 bits per heavy atom. The number of rotatable bonds is 5. The van der Waals surface area contributed by atoms with E-state index in [0.29, 0.717) is 22.4 Å². The molecule has 0 aliphatic carbocycles. The van der Waals surface area contributed by atoms with E-state index in [-0.39, 0.29) is 11.4 Å². The average molecular weight is 367 g/mol. The molecule has 21 heavy (non-hydrogen) atoms. The maximum atomic E-state index is 12.5. The Bertz CT molecular complexity index is 602. The van der Waals surface area contributed by atoms with Crippen LogP contribution in [0.2, 0.25) is 5.02 Å². The van der Waals surface area contributed by atoms with E-state index in [9.17, 15) is 8.42 Å². The molecule has 3 N–H and O–H groups in total. The molecule has 0 amide bonds. The Morgan fingerprint density at radius 3 is 2.81 bits per heavy atom. The van der Waals surface area contributed by atoms with E-state index >= 15 is 0 Å². The normalized spacial score (nSPS) is 19.7. The van der Waals surface area contributed by atoms with Crippen LogP contribution in [0.15, 0.2) is 17.0 Å². The third kappa shape index (κ3) is 4.53. The summed E-state index contributed by atoms with van der Waals surface area (Å²) in [6, 6.07) is 3.20. The SMILES string of the molecule is Cc1c(CN)cc(Cl)cc1S(=O)(=O)NCC1CSCCS1. The summed E-state index contributed by atoms with van der Waals surface area (Å²) < 4.78 is 27.7. The Balaban J connectivity index is 2.17. The molecule has 1 aliphatic rings. The van der Waals surface area contributed by atoms with E-state index in [1.54, 1.807) is 13.0 Å². The zero-order valence-corrected chi connectivity index (χ0v) is 15.0. The first-order valence-electron chi connectivity index (χ1n) is 6.62. The molecule has 118 valence electrons. The van der Waals surface area contributed by atoms with Gasteiger partial charge in [-0.15, -0.1) is 0 Å². The van der Waals surface area contributed by atoms with Gasteiger partial charge >= 0.3 is 0 Å². The first-order valence-corrected chi connectivity index (χ1v) is 10.7. The Hall–Kier alpha value is 0.0800. The highest BCUT2D eigenvalue weighted by Crippen LogP contribution is 2.26. The third-order valence-corrected chi connectivity index (χ3v) is 7.94. The highest BCUT2D eigenvalue weighted by molar-refractivity contribution is 8.06. The van der Waals surface area contributed by atoms with E-state index in [2.05, 4.69) is 4.72 Å². The maximum absolute atomic E-state index is 12.5. The lowest BCUT2D eigenvalue weighted by molar-refractivity contribution is 0.580. The molecule has 1 fully saturated rings. The van der Waals surface area contributed by atoms with Gasteiger partial charge in [-0.2, -0.15) is 23.5 Å².